The third-order valence-electron chi connectivity index (χ3n) is 5.27. The molecule has 2 fully saturated rings. The van der Waals surface area contributed by atoms with E-state index in [1.807, 2.05) is 12.2 Å². The highest BCUT2D eigenvalue weighted by atomic mass is 35.5. The molecule has 4 atom stereocenters. The van der Waals surface area contributed by atoms with E-state index >= 15 is 0 Å². The summed E-state index contributed by atoms with van der Waals surface area (Å²) >= 11 is 6.08. The molecule has 27 heavy (non-hydrogen) atoms. The van der Waals surface area contributed by atoms with Gasteiger partial charge >= 0.3 is 5.97 Å². The van der Waals surface area contributed by atoms with Crippen molar-refractivity contribution >= 4 is 35.6 Å². The van der Waals surface area contributed by atoms with Crippen LogP contribution in [0.4, 0.5) is 0 Å². The van der Waals surface area contributed by atoms with E-state index in [4.69, 9.17) is 21.1 Å². The van der Waals surface area contributed by atoms with Crippen LogP contribution in [0.25, 0.3) is 0 Å². The van der Waals surface area contributed by atoms with Crippen molar-refractivity contribution in [3.8, 4) is 11.5 Å². The van der Waals surface area contributed by atoms with Crippen molar-refractivity contribution in [1.29, 1.82) is 0 Å². The number of methoxy groups -OCH3 is 1. The second kappa shape index (κ2) is 6.49. The Labute approximate surface area is 160 Å². The predicted molar refractivity (Wildman–Crippen MR) is 96.5 cm³/mol. The number of imide groups is 1. The lowest BCUT2D eigenvalue weighted by Gasteiger charge is -2.13. The number of ether oxygens (including phenoxy) is 2. The Morgan fingerprint density at radius 1 is 1.22 bits per heavy atom. The maximum absolute atomic E-state index is 12.7. The van der Waals surface area contributed by atoms with Crippen molar-refractivity contribution in [1.82, 2.24) is 5.01 Å². The summed E-state index contributed by atoms with van der Waals surface area (Å²) in [6.45, 7) is 1.26. The molecule has 140 valence electrons. The van der Waals surface area contributed by atoms with Crippen molar-refractivity contribution in [3.63, 3.8) is 0 Å². The third kappa shape index (κ3) is 2.82. The molecule has 2 bridgehead atoms. The first-order valence-electron chi connectivity index (χ1n) is 8.56. The topological polar surface area (TPSA) is 85.3 Å². The van der Waals surface area contributed by atoms with Crippen LogP contribution in [0.5, 0.6) is 11.5 Å². The molecule has 1 saturated carbocycles. The van der Waals surface area contributed by atoms with Crippen LogP contribution >= 0.6 is 11.6 Å². The Morgan fingerprint density at radius 2 is 1.85 bits per heavy atom. The van der Waals surface area contributed by atoms with Crippen molar-refractivity contribution in [2.45, 2.75) is 13.3 Å². The molecule has 7 nitrogen and oxygen atoms in total. The molecule has 2 aliphatic carbocycles. The molecule has 2 amide bonds. The normalized spacial score (nSPS) is 28.3. The minimum absolute atomic E-state index is 0.111. The van der Waals surface area contributed by atoms with Gasteiger partial charge in [0, 0.05) is 23.6 Å². The summed E-state index contributed by atoms with van der Waals surface area (Å²) in [7, 11) is 1.41. The van der Waals surface area contributed by atoms with Crippen molar-refractivity contribution < 1.29 is 23.9 Å². The number of esters is 1. The lowest BCUT2D eigenvalue weighted by Crippen LogP contribution is -2.28. The molecule has 4 rings (SSSR count). The second-order valence-electron chi connectivity index (χ2n) is 6.85. The number of halogens is 1. The fraction of sp³-hybridized carbons (Fsp3) is 0.368. The predicted octanol–water partition coefficient (Wildman–Crippen LogP) is 2.41. The second-order valence-corrected chi connectivity index (χ2v) is 7.29. The summed E-state index contributed by atoms with van der Waals surface area (Å²) in [6, 6.07) is 3.01. The van der Waals surface area contributed by atoms with Gasteiger partial charge in [-0.15, -0.1) is 0 Å². The maximum Gasteiger partial charge on any atom is 0.308 e. The summed E-state index contributed by atoms with van der Waals surface area (Å²) in [5.41, 5.74) is 0.327. The van der Waals surface area contributed by atoms with Gasteiger partial charge in [-0.25, -0.2) is 0 Å². The number of carbonyl (C=O) groups excluding carboxylic acids is 3. The standard InChI is InChI=1S/C19H17ClN2O5/c1-9(23)27-17-12(6-13(20)7-14(17)26-2)8-21-22-18(24)15-10-3-4-11(5-10)16(15)19(22)25/h3-4,6-8,10-11,15-16H,5H2,1-2H3. The first kappa shape index (κ1) is 17.7. The molecule has 0 radical (unpaired) electrons. The Balaban J connectivity index is 1.66. The fourth-order valence-corrected chi connectivity index (χ4v) is 4.43. The molecule has 0 aromatic heterocycles. The first-order chi connectivity index (χ1) is 12.9. The van der Waals surface area contributed by atoms with Gasteiger partial charge in [0.2, 0.25) is 0 Å². The average molecular weight is 389 g/mol. The molecule has 0 spiro atoms. The van der Waals surface area contributed by atoms with Gasteiger partial charge in [-0.3, -0.25) is 14.4 Å². The summed E-state index contributed by atoms with van der Waals surface area (Å²) in [6.07, 6.45) is 6.18. The lowest BCUT2D eigenvalue weighted by atomic mass is 9.85. The molecule has 1 aliphatic heterocycles. The fourth-order valence-electron chi connectivity index (χ4n) is 4.21. The Morgan fingerprint density at radius 3 is 2.41 bits per heavy atom. The highest BCUT2D eigenvalue weighted by Gasteiger charge is 2.59. The number of hydrazone groups is 1. The summed E-state index contributed by atoms with van der Waals surface area (Å²) in [5.74, 6) is -1.19. The zero-order chi connectivity index (χ0) is 19.3. The van der Waals surface area contributed by atoms with Crippen LogP contribution in [-0.2, 0) is 14.4 Å². The molecule has 3 aliphatic rings. The van der Waals surface area contributed by atoms with Gasteiger partial charge in [0.25, 0.3) is 11.8 Å². The average Bonchev–Trinajstić information content (AvgIpc) is 3.29. The van der Waals surface area contributed by atoms with Gasteiger partial charge in [-0.2, -0.15) is 10.1 Å². The summed E-state index contributed by atoms with van der Waals surface area (Å²) in [4.78, 5) is 36.8. The van der Waals surface area contributed by atoms with Gasteiger partial charge in [-0.1, -0.05) is 23.8 Å². The molecule has 8 heteroatoms. The largest absolute Gasteiger partial charge is 0.493 e. The molecule has 4 unspecified atom stereocenters. The smallest absolute Gasteiger partial charge is 0.308 e. The third-order valence-corrected chi connectivity index (χ3v) is 5.49. The number of allylic oxidation sites excluding steroid dienone is 2. The molecular weight excluding hydrogens is 372 g/mol. The number of carbonyl (C=O) groups is 3. The van der Waals surface area contributed by atoms with Crippen LogP contribution in [0.2, 0.25) is 5.02 Å². The highest BCUT2D eigenvalue weighted by molar-refractivity contribution is 6.31. The van der Waals surface area contributed by atoms with E-state index in [0.717, 1.165) is 11.4 Å². The number of hydrogen-bond donors (Lipinski definition) is 0. The van der Waals surface area contributed by atoms with Gasteiger partial charge in [0.15, 0.2) is 11.5 Å². The molecule has 1 aromatic rings. The van der Waals surface area contributed by atoms with Crippen LogP contribution in [0.1, 0.15) is 18.9 Å². The Kier molecular flexibility index (Phi) is 4.26. The summed E-state index contributed by atoms with van der Waals surface area (Å²) < 4.78 is 10.4. The molecular formula is C19H17ClN2O5. The molecule has 1 saturated heterocycles. The van der Waals surface area contributed by atoms with E-state index < -0.39 is 5.97 Å². The van der Waals surface area contributed by atoms with Crippen LogP contribution in [0.3, 0.4) is 0 Å². The van der Waals surface area contributed by atoms with E-state index in [9.17, 15) is 14.4 Å². The number of fused-ring (bicyclic) bond motifs is 5. The highest BCUT2D eigenvalue weighted by Crippen LogP contribution is 2.52. The van der Waals surface area contributed by atoms with Crippen LogP contribution in [0, 0.1) is 23.7 Å². The van der Waals surface area contributed by atoms with E-state index in [2.05, 4.69) is 5.10 Å². The Hall–Kier alpha value is -2.67. The number of hydrogen-bond acceptors (Lipinski definition) is 6. The Bertz CT molecular complexity index is 880. The van der Waals surface area contributed by atoms with Gasteiger partial charge < -0.3 is 9.47 Å². The lowest BCUT2D eigenvalue weighted by molar-refractivity contribution is -0.140. The van der Waals surface area contributed by atoms with Crippen LogP contribution in [-0.4, -0.2) is 36.1 Å². The van der Waals surface area contributed by atoms with Gasteiger partial charge in [-0.05, 0) is 24.3 Å². The summed E-state index contributed by atoms with van der Waals surface area (Å²) in [5, 5.41) is 5.35. The maximum atomic E-state index is 12.7. The number of nitrogens with zero attached hydrogens (tertiary/aromatic N) is 2. The number of rotatable bonds is 4. The molecule has 1 aromatic carbocycles. The quantitative estimate of drug-likeness (QED) is 0.260. The molecule has 0 N–H and O–H groups in total. The SMILES string of the molecule is COc1cc(Cl)cc(C=NN2C(=O)C3C4C=CC(C4)C3C2=O)c1OC(C)=O. The van der Waals surface area contributed by atoms with Crippen LogP contribution < -0.4 is 9.47 Å². The van der Waals surface area contributed by atoms with E-state index in [1.165, 1.54) is 32.4 Å². The first-order valence-corrected chi connectivity index (χ1v) is 8.94. The van der Waals surface area contributed by atoms with E-state index in [-0.39, 0.29) is 47.0 Å². The minimum atomic E-state index is -0.546. The zero-order valence-corrected chi connectivity index (χ0v) is 15.5. The monoisotopic (exact) mass is 388 g/mol. The minimum Gasteiger partial charge on any atom is -0.493 e. The molecule has 1 heterocycles. The van der Waals surface area contributed by atoms with Gasteiger partial charge in [0.05, 0.1) is 25.2 Å². The zero-order valence-electron chi connectivity index (χ0n) is 14.7. The van der Waals surface area contributed by atoms with Crippen molar-refractivity contribution in [2.24, 2.45) is 28.8 Å². The number of benzene rings is 1. The van der Waals surface area contributed by atoms with Gasteiger partial charge in [0.1, 0.15) is 0 Å². The van der Waals surface area contributed by atoms with Crippen LogP contribution in [0.15, 0.2) is 29.4 Å². The van der Waals surface area contributed by atoms with Crippen molar-refractivity contribution in [3.05, 3.63) is 34.9 Å². The van der Waals surface area contributed by atoms with E-state index in [1.54, 1.807) is 0 Å². The number of amides is 2. The van der Waals surface area contributed by atoms with E-state index in [0.29, 0.717) is 10.6 Å². The van der Waals surface area contributed by atoms with Crippen molar-refractivity contribution in [2.75, 3.05) is 7.11 Å².